The summed E-state index contributed by atoms with van der Waals surface area (Å²) in [5, 5.41) is -0.251. The van der Waals surface area contributed by atoms with Crippen molar-refractivity contribution in [3.8, 4) is 5.75 Å². The van der Waals surface area contributed by atoms with Crippen LogP contribution in [-0.2, 0) is 5.92 Å². The number of fused-ring (bicyclic) bond motifs is 1. The van der Waals surface area contributed by atoms with E-state index in [1.807, 2.05) is 0 Å². The second-order valence-electron chi connectivity index (χ2n) is 2.81. The summed E-state index contributed by atoms with van der Waals surface area (Å²) < 4.78 is 55.1. The van der Waals surface area contributed by atoms with E-state index in [4.69, 9.17) is 11.6 Å². The molecule has 0 bridgehead atoms. The van der Waals surface area contributed by atoms with Crippen molar-refractivity contribution in [2.45, 2.75) is 12.0 Å². The highest BCUT2D eigenvalue weighted by atomic mass is 35.5. The lowest BCUT2D eigenvalue weighted by Gasteiger charge is -2.15. The molecule has 6 heteroatoms. The zero-order valence-electron chi connectivity index (χ0n) is 6.53. The Labute approximate surface area is 81.2 Å². The van der Waals surface area contributed by atoms with Crippen LogP contribution in [0.4, 0.5) is 17.6 Å². The van der Waals surface area contributed by atoms with Crippen molar-refractivity contribution in [2.75, 3.05) is 0 Å². The quantitative estimate of drug-likeness (QED) is 0.616. The summed E-state index contributed by atoms with van der Waals surface area (Å²) in [4.78, 5) is 0. The molecule has 0 amide bonds. The van der Waals surface area contributed by atoms with Gasteiger partial charge in [-0.2, -0.15) is 17.6 Å². The molecule has 0 spiro atoms. The summed E-state index contributed by atoms with van der Waals surface area (Å²) in [5.74, 6) is -4.98. The van der Waals surface area contributed by atoms with Gasteiger partial charge in [-0.3, -0.25) is 0 Å². The molecule has 1 nitrogen and oxygen atoms in total. The van der Waals surface area contributed by atoms with Gasteiger partial charge in [0.2, 0.25) is 0 Å². The fourth-order valence-corrected chi connectivity index (χ4v) is 1.42. The van der Waals surface area contributed by atoms with Gasteiger partial charge in [0.25, 0.3) is 0 Å². The summed E-state index contributed by atoms with van der Waals surface area (Å²) >= 11 is 5.43. The van der Waals surface area contributed by atoms with Crippen molar-refractivity contribution in [1.29, 1.82) is 0 Å². The maximum Gasteiger partial charge on any atom is 0.469 e. The van der Waals surface area contributed by atoms with E-state index in [1.54, 1.807) is 0 Å². The summed E-state index contributed by atoms with van der Waals surface area (Å²) in [7, 11) is 0. The van der Waals surface area contributed by atoms with Crippen LogP contribution in [0.15, 0.2) is 18.2 Å². The van der Waals surface area contributed by atoms with Crippen LogP contribution in [0.3, 0.4) is 0 Å². The topological polar surface area (TPSA) is 9.23 Å². The second kappa shape index (κ2) is 2.53. The van der Waals surface area contributed by atoms with Crippen molar-refractivity contribution < 1.29 is 22.3 Å². The van der Waals surface area contributed by atoms with Gasteiger partial charge in [0, 0.05) is 0 Å². The smallest absolute Gasteiger partial charge is 0.426 e. The molecule has 1 heterocycles. The highest BCUT2D eigenvalue weighted by Gasteiger charge is 2.66. The Hall–Kier alpha value is -0.970. The molecular weight excluding hydrogens is 224 g/mol. The van der Waals surface area contributed by atoms with Crippen LogP contribution in [0.1, 0.15) is 5.56 Å². The molecule has 1 aromatic rings. The Bertz CT molecular complexity index is 391. The summed E-state index contributed by atoms with van der Waals surface area (Å²) in [5.41, 5.74) is -0.880. The van der Waals surface area contributed by atoms with Crippen molar-refractivity contribution in [3.05, 3.63) is 28.8 Å². The van der Waals surface area contributed by atoms with Crippen LogP contribution in [-0.4, -0.2) is 6.11 Å². The maximum atomic E-state index is 13.0. The normalized spacial score (nSPS) is 21.5. The van der Waals surface area contributed by atoms with Gasteiger partial charge in [-0.05, 0) is 12.1 Å². The Morgan fingerprint density at radius 2 is 1.79 bits per heavy atom. The molecule has 0 saturated heterocycles. The number of hydrogen-bond donors (Lipinski definition) is 0. The highest BCUT2D eigenvalue weighted by Crippen LogP contribution is 2.55. The number of rotatable bonds is 0. The van der Waals surface area contributed by atoms with Gasteiger partial charge >= 0.3 is 12.0 Å². The van der Waals surface area contributed by atoms with Crippen molar-refractivity contribution >= 4 is 11.6 Å². The van der Waals surface area contributed by atoms with Crippen LogP contribution in [0, 0.1) is 0 Å². The lowest BCUT2D eigenvalue weighted by molar-refractivity contribution is -0.296. The number of hydrogen-bond acceptors (Lipinski definition) is 1. The molecule has 76 valence electrons. The monoisotopic (exact) mass is 226 g/mol. The lowest BCUT2D eigenvalue weighted by Crippen LogP contribution is -2.36. The van der Waals surface area contributed by atoms with Gasteiger partial charge in [0.05, 0.1) is 10.6 Å². The third-order valence-electron chi connectivity index (χ3n) is 1.90. The van der Waals surface area contributed by atoms with E-state index in [-0.39, 0.29) is 5.02 Å². The highest BCUT2D eigenvalue weighted by molar-refractivity contribution is 6.32. The fraction of sp³-hybridized carbons (Fsp3) is 0.250. The lowest BCUT2D eigenvalue weighted by atomic mass is 10.1. The van der Waals surface area contributed by atoms with E-state index < -0.39 is 23.3 Å². The summed E-state index contributed by atoms with van der Waals surface area (Å²) in [6, 6.07) is 3.24. The standard InChI is InChI=1S/C8H3ClF4O/c9-5-3-1-2-4-6(5)14-8(12,13)7(4,10)11/h1-3H. The van der Waals surface area contributed by atoms with Gasteiger partial charge in [-0.1, -0.05) is 17.7 Å². The first kappa shape index (κ1) is 9.58. The predicted octanol–water partition coefficient (Wildman–Crippen LogP) is 3.42. The Balaban J connectivity index is 2.66. The third kappa shape index (κ3) is 1.02. The molecule has 0 fully saturated rings. The van der Waals surface area contributed by atoms with Gasteiger partial charge in [-0.25, -0.2) is 0 Å². The summed E-state index contributed by atoms with van der Waals surface area (Å²) in [6.45, 7) is 0. The number of ether oxygens (including phenoxy) is 1. The largest absolute Gasteiger partial charge is 0.469 e. The molecule has 0 atom stereocenters. The minimum absolute atomic E-state index is 0.251. The van der Waals surface area contributed by atoms with Gasteiger partial charge in [-0.15, -0.1) is 0 Å². The van der Waals surface area contributed by atoms with Crippen molar-refractivity contribution in [1.82, 2.24) is 0 Å². The molecule has 0 unspecified atom stereocenters. The molecule has 0 saturated carbocycles. The van der Waals surface area contributed by atoms with Crippen LogP contribution in [0.2, 0.25) is 5.02 Å². The number of alkyl halides is 4. The molecule has 1 aliphatic heterocycles. The van der Waals surface area contributed by atoms with E-state index in [0.29, 0.717) is 0 Å². The Morgan fingerprint density at radius 3 is 2.36 bits per heavy atom. The van der Waals surface area contributed by atoms with E-state index in [1.165, 1.54) is 12.1 Å². The Kier molecular flexibility index (Phi) is 1.73. The molecule has 2 rings (SSSR count). The number of benzene rings is 1. The van der Waals surface area contributed by atoms with Crippen LogP contribution in [0.25, 0.3) is 0 Å². The molecule has 0 N–H and O–H groups in total. The zero-order valence-corrected chi connectivity index (χ0v) is 7.29. The average molecular weight is 227 g/mol. The number of para-hydroxylation sites is 1. The SMILES string of the molecule is FC1(F)Oc2c(Cl)cccc2C1(F)F. The molecule has 0 aliphatic carbocycles. The minimum Gasteiger partial charge on any atom is -0.426 e. The average Bonchev–Trinajstić information content (AvgIpc) is 2.24. The first-order chi connectivity index (χ1) is 6.36. The van der Waals surface area contributed by atoms with Crippen molar-refractivity contribution in [2.24, 2.45) is 0 Å². The van der Waals surface area contributed by atoms with Crippen molar-refractivity contribution in [3.63, 3.8) is 0 Å². The van der Waals surface area contributed by atoms with Crippen LogP contribution >= 0.6 is 11.6 Å². The van der Waals surface area contributed by atoms with E-state index in [9.17, 15) is 17.6 Å². The van der Waals surface area contributed by atoms with Gasteiger partial charge < -0.3 is 4.74 Å². The van der Waals surface area contributed by atoms with Gasteiger partial charge in [0.1, 0.15) is 0 Å². The van der Waals surface area contributed by atoms with E-state index >= 15 is 0 Å². The van der Waals surface area contributed by atoms with E-state index in [2.05, 4.69) is 4.74 Å². The minimum atomic E-state index is -4.53. The zero-order chi connectivity index (χ0) is 10.6. The van der Waals surface area contributed by atoms with Crippen LogP contribution in [0.5, 0.6) is 5.75 Å². The fourth-order valence-electron chi connectivity index (χ4n) is 1.21. The second-order valence-corrected chi connectivity index (χ2v) is 3.22. The van der Waals surface area contributed by atoms with Gasteiger partial charge in [0.15, 0.2) is 5.75 Å². The Morgan fingerprint density at radius 1 is 1.14 bits per heavy atom. The number of halogens is 5. The first-order valence-corrected chi connectivity index (χ1v) is 3.98. The maximum absolute atomic E-state index is 13.0. The van der Waals surface area contributed by atoms with E-state index in [0.717, 1.165) is 6.07 Å². The molecule has 1 aromatic carbocycles. The third-order valence-corrected chi connectivity index (χ3v) is 2.20. The molecule has 14 heavy (non-hydrogen) atoms. The molecule has 0 aromatic heterocycles. The summed E-state index contributed by atoms with van der Waals surface area (Å²) in [6.07, 6.45) is -4.53. The molecular formula is C8H3ClF4O. The van der Waals surface area contributed by atoms with Crippen LogP contribution < -0.4 is 4.74 Å². The molecule has 0 radical (unpaired) electrons. The predicted molar refractivity (Wildman–Crippen MR) is 40.9 cm³/mol. The molecule has 1 aliphatic rings. The first-order valence-electron chi connectivity index (χ1n) is 3.60.